The van der Waals surface area contributed by atoms with Crippen molar-refractivity contribution in [3.8, 4) is 5.75 Å². The highest BCUT2D eigenvalue weighted by atomic mass is 16.5. The van der Waals surface area contributed by atoms with Crippen LogP contribution in [-0.2, 0) is 6.54 Å². The van der Waals surface area contributed by atoms with E-state index in [1.165, 1.54) is 31.4 Å². The Morgan fingerprint density at radius 1 is 1.28 bits per heavy atom. The van der Waals surface area contributed by atoms with Gasteiger partial charge >= 0.3 is 0 Å². The van der Waals surface area contributed by atoms with Gasteiger partial charge in [-0.1, -0.05) is 18.2 Å². The zero-order valence-electron chi connectivity index (χ0n) is 10.8. The molecule has 2 atom stereocenters. The Labute approximate surface area is 109 Å². The normalized spacial score (nSPS) is 28.5. The highest BCUT2D eigenvalue weighted by Crippen LogP contribution is 2.27. The Kier molecular flexibility index (Phi) is 3.52. The van der Waals surface area contributed by atoms with Gasteiger partial charge in [0.25, 0.3) is 0 Å². The molecule has 1 fully saturated rings. The molecule has 0 aromatic heterocycles. The zero-order valence-corrected chi connectivity index (χ0v) is 10.8. The van der Waals surface area contributed by atoms with E-state index >= 15 is 0 Å². The van der Waals surface area contributed by atoms with E-state index in [1.54, 1.807) is 0 Å². The van der Waals surface area contributed by atoms with E-state index in [1.807, 2.05) is 6.07 Å². The summed E-state index contributed by atoms with van der Waals surface area (Å²) in [6.07, 6.45) is 3.69. The van der Waals surface area contributed by atoms with Gasteiger partial charge in [-0.25, -0.2) is 0 Å². The van der Waals surface area contributed by atoms with E-state index in [4.69, 9.17) is 10.5 Å². The number of hydrogen-bond acceptors (Lipinski definition) is 3. The molecule has 3 rings (SSSR count). The van der Waals surface area contributed by atoms with Crippen LogP contribution in [0.1, 0.15) is 24.8 Å². The molecule has 3 nitrogen and oxygen atoms in total. The molecule has 0 radical (unpaired) electrons. The third-order valence-corrected chi connectivity index (χ3v) is 4.13. The molecule has 98 valence electrons. The Balaban J connectivity index is 1.64. The summed E-state index contributed by atoms with van der Waals surface area (Å²) in [7, 11) is 0. The van der Waals surface area contributed by atoms with Gasteiger partial charge in [0.15, 0.2) is 0 Å². The maximum absolute atomic E-state index is 5.99. The lowest BCUT2D eigenvalue weighted by Crippen LogP contribution is -2.31. The lowest BCUT2D eigenvalue weighted by atomic mass is 10.1. The maximum Gasteiger partial charge on any atom is 0.123 e. The number of hydrogen-bond donors (Lipinski definition) is 1. The first kappa shape index (κ1) is 12.0. The van der Waals surface area contributed by atoms with Crippen LogP contribution in [0.3, 0.4) is 0 Å². The minimum atomic E-state index is 0.436. The first-order valence-electron chi connectivity index (χ1n) is 7.00. The van der Waals surface area contributed by atoms with E-state index < -0.39 is 0 Å². The number of nitrogens with zero attached hydrogens (tertiary/aromatic N) is 1. The summed E-state index contributed by atoms with van der Waals surface area (Å²) in [5, 5.41) is 0. The number of benzene rings is 1. The molecular weight excluding hydrogens is 224 g/mol. The van der Waals surface area contributed by atoms with E-state index in [0.717, 1.165) is 31.4 Å². The molecule has 1 aliphatic carbocycles. The van der Waals surface area contributed by atoms with E-state index in [-0.39, 0.29) is 0 Å². The molecule has 1 heterocycles. The molecule has 1 aromatic rings. The molecule has 2 unspecified atom stereocenters. The van der Waals surface area contributed by atoms with Crippen LogP contribution >= 0.6 is 0 Å². The maximum atomic E-state index is 5.99. The lowest BCUT2D eigenvalue weighted by molar-refractivity contribution is 0.198. The average molecular weight is 246 g/mol. The van der Waals surface area contributed by atoms with Crippen molar-refractivity contribution in [2.45, 2.75) is 31.8 Å². The van der Waals surface area contributed by atoms with Crippen LogP contribution in [0.5, 0.6) is 5.75 Å². The molecule has 0 bridgehead atoms. The minimum Gasteiger partial charge on any atom is -0.492 e. The van der Waals surface area contributed by atoms with Crippen molar-refractivity contribution in [2.24, 2.45) is 11.7 Å². The van der Waals surface area contributed by atoms with Gasteiger partial charge in [0.05, 0.1) is 0 Å². The van der Waals surface area contributed by atoms with Crippen LogP contribution < -0.4 is 10.5 Å². The smallest absolute Gasteiger partial charge is 0.123 e. The predicted molar refractivity (Wildman–Crippen MR) is 72.5 cm³/mol. The number of para-hydroxylation sites is 1. The quantitative estimate of drug-likeness (QED) is 0.867. The molecule has 0 saturated heterocycles. The first-order chi connectivity index (χ1) is 8.81. The highest BCUT2D eigenvalue weighted by Gasteiger charge is 2.25. The first-order valence-corrected chi connectivity index (χ1v) is 7.00. The minimum absolute atomic E-state index is 0.436. The fraction of sp³-hybridized carbons (Fsp3) is 0.600. The molecular formula is C15H22N2O. The molecule has 0 amide bonds. The number of rotatable bonds is 2. The third-order valence-electron chi connectivity index (χ3n) is 4.13. The van der Waals surface area contributed by atoms with Gasteiger partial charge in [0.2, 0.25) is 0 Å². The van der Waals surface area contributed by atoms with Crippen molar-refractivity contribution in [3.63, 3.8) is 0 Å². The summed E-state index contributed by atoms with van der Waals surface area (Å²) >= 11 is 0. The molecule has 1 aromatic carbocycles. The van der Waals surface area contributed by atoms with Crippen LogP contribution in [0.25, 0.3) is 0 Å². The summed E-state index contributed by atoms with van der Waals surface area (Å²) < 4.78 is 5.80. The topological polar surface area (TPSA) is 38.5 Å². The second-order valence-corrected chi connectivity index (χ2v) is 5.63. The number of nitrogens with two attached hydrogens (primary N) is 1. The Bertz CT molecular complexity index is 407. The summed E-state index contributed by atoms with van der Waals surface area (Å²) in [6.45, 7) is 4.02. The SMILES string of the molecule is NC1CCC(CN2CCOc3ccccc3C2)C1. The second kappa shape index (κ2) is 5.29. The average Bonchev–Trinajstić information content (AvgIpc) is 2.66. The number of fused-ring (bicyclic) bond motifs is 1. The Morgan fingerprint density at radius 3 is 3.00 bits per heavy atom. The van der Waals surface area contributed by atoms with Crippen molar-refractivity contribution < 1.29 is 4.74 Å². The van der Waals surface area contributed by atoms with Crippen LogP contribution in [0.4, 0.5) is 0 Å². The van der Waals surface area contributed by atoms with Crippen LogP contribution in [-0.4, -0.2) is 30.6 Å². The molecule has 1 aliphatic heterocycles. The van der Waals surface area contributed by atoms with E-state index in [0.29, 0.717) is 6.04 Å². The zero-order chi connectivity index (χ0) is 12.4. The Morgan fingerprint density at radius 2 is 2.17 bits per heavy atom. The van der Waals surface area contributed by atoms with Crippen LogP contribution in [0, 0.1) is 5.92 Å². The number of ether oxygens (including phenoxy) is 1. The van der Waals surface area contributed by atoms with Gasteiger partial charge in [-0.05, 0) is 31.2 Å². The highest BCUT2D eigenvalue weighted by molar-refractivity contribution is 5.33. The summed E-state index contributed by atoms with van der Waals surface area (Å²) in [4.78, 5) is 2.52. The van der Waals surface area contributed by atoms with Crippen LogP contribution in [0.2, 0.25) is 0 Å². The van der Waals surface area contributed by atoms with Crippen molar-refractivity contribution in [1.82, 2.24) is 4.90 Å². The second-order valence-electron chi connectivity index (χ2n) is 5.63. The largest absolute Gasteiger partial charge is 0.492 e. The van der Waals surface area contributed by atoms with Crippen molar-refractivity contribution in [3.05, 3.63) is 29.8 Å². The van der Waals surface area contributed by atoms with Gasteiger partial charge in [0, 0.05) is 31.2 Å². The van der Waals surface area contributed by atoms with E-state index in [9.17, 15) is 0 Å². The summed E-state index contributed by atoms with van der Waals surface area (Å²) in [5.74, 6) is 1.84. The van der Waals surface area contributed by atoms with Crippen LogP contribution in [0.15, 0.2) is 24.3 Å². The fourth-order valence-electron chi connectivity index (χ4n) is 3.18. The third kappa shape index (κ3) is 2.68. The van der Waals surface area contributed by atoms with E-state index in [2.05, 4.69) is 23.1 Å². The summed E-state index contributed by atoms with van der Waals surface area (Å²) in [5.41, 5.74) is 7.31. The summed E-state index contributed by atoms with van der Waals surface area (Å²) in [6, 6.07) is 8.82. The molecule has 2 N–H and O–H groups in total. The molecule has 0 spiro atoms. The van der Waals surface area contributed by atoms with Crippen molar-refractivity contribution in [1.29, 1.82) is 0 Å². The molecule has 1 saturated carbocycles. The lowest BCUT2D eigenvalue weighted by Gasteiger charge is -2.23. The Hall–Kier alpha value is -1.06. The van der Waals surface area contributed by atoms with Gasteiger partial charge in [-0.3, -0.25) is 4.90 Å². The molecule has 18 heavy (non-hydrogen) atoms. The monoisotopic (exact) mass is 246 g/mol. The van der Waals surface area contributed by atoms with Gasteiger partial charge in [0.1, 0.15) is 12.4 Å². The molecule has 2 aliphatic rings. The van der Waals surface area contributed by atoms with Gasteiger partial charge < -0.3 is 10.5 Å². The van der Waals surface area contributed by atoms with Gasteiger partial charge in [-0.2, -0.15) is 0 Å². The standard InChI is InChI=1S/C15H22N2O/c16-14-6-5-12(9-14)10-17-7-8-18-15-4-2-1-3-13(15)11-17/h1-4,12,14H,5-11,16H2. The fourth-order valence-corrected chi connectivity index (χ4v) is 3.18. The van der Waals surface area contributed by atoms with Crippen molar-refractivity contribution in [2.75, 3.05) is 19.7 Å². The predicted octanol–water partition coefficient (Wildman–Crippen LogP) is 2.01. The van der Waals surface area contributed by atoms with Crippen molar-refractivity contribution >= 4 is 0 Å². The molecule has 3 heteroatoms. The van der Waals surface area contributed by atoms with Gasteiger partial charge in [-0.15, -0.1) is 0 Å².